The Morgan fingerprint density at radius 2 is 1.45 bits per heavy atom. The van der Waals surface area contributed by atoms with Crippen LogP contribution in [0.1, 0.15) is 19.4 Å². The number of benzene rings is 1. The smallest absolute Gasteiger partial charge is 0 e. The SMILES string of the molecule is C=C[C@H](C)[C@](C)(O)c1ccccc1.[C-]#[O+].[C-]#[O+].[C-]#[O+].[Cr]. The van der Waals surface area contributed by atoms with Crippen LogP contribution in [0.25, 0.3) is 0 Å². The summed E-state index contributed by atoms with van der Waals surface area (Å²) in [5.74, 6) is 0.0508. The van der Waals surface area contributed by atoms with E-state index in [1.54, 1.807) is 6.08 Å². The van der Waals surface area contributed by atoms with Crippen molar-refractivity contribution in [3.63, 3.8) is 0 Å². The Morgan fingerprint density at radius 1 is 1.10 bits per heavy atom. The zero-order valence-electron chi connectivity index (χ0n) is 11.3. The van der Waals surface area contributed by atoms with Gasteiger partial charge in [0.1, 0.15) is 0 Å². The first-order chi connectivity index (χ1) is 9.09. The molecule has 0 bridgehead atoms. The molecule has 0 aliphatic carbocycles. The van der Waals surface area contributed by atoms with Crippen LogP contribution >= 0.6 is 0 Å². The summed E-state index contributed by atoms with van der Waals surface area (Å²) in [7, 11) is 0. The third-order valence-electron chi connectivity index (χ3n) is 2.60. The summed E-state index contributed by atoms with van der Waals surface area (Å²) in [6.45, 7) is 21.0. The van der Waals surface area contributed by atoms with Crippen LogP contribution in [0.5, 0.6) is 0 Å². The molecule has 0 unspecified atom stereocenters. The Bertz CT molecular complexity index is 379. The van der Waals surface area contributed by atoms with Gasteiger partial charge in [0.05, 0.1) is 5.60 Å². The van der Waals surface area contributed by atoms with Crippen LogP contribution in [0.3, 0.4) is 0 Å². The molecule has 0 radical (unpaired) electrons. The number of aliphatic hydroxyl groups is 1. The number of hydrogen-bond acceptors (Lipinski definition) is 1. The van der Waals surface area contributed by atoms with Crippen LogP contribution in [0.2, 0.25) is 0 Å². The summed E-state index contributed by atoms with van der Waals surface area (Å²) in [6, 6.07) is 9.66. The molecule has 2 atom stereocenters. The average Bonchev–Trinajstić information content (AvgIpc) is 2.53. The van der Waals surface area contributed by atoms with Crippen molar-refractivity contribution in [2.45, 2.75) is 19.4 Å². The van der Waals surface area contributed by atoms with E-state index in [4.69, 9.17) is 14.0 Å². The molecular weight excluding hydrogens is 296 g/mol. The maximum absolute atomic E-state index is 10.2. The fraction of sp³-hybridized carbons (Fsp3) is 0.267. The van der Waals surface area contributed by atoms with Gasteiger partial charge in [-0.1, -0.05) is 43.3 Å². The van der Waals surface area contributed by atoms with Crippen LogP contribution in [0.4, 0.5) is 0 Å². The minimum absolute atomic E-state index is 0. The van der Waals surface area contributed by atoms with Crippen molar-refractivity contribution < 1.29 is 36.4 Å². The molecular formula is C15H16CrO4. The summed E-state index contributed by atoms with van der Waals surface area (Å²) in [5, 5.41) is 10.2. The van der Waals surface area contributed by atoms with E-state index >= 15 is 0 Å². The van der Waals surface area contributed by atoms with Crippen LogP contribution in [0.15, 0.2) is 43.0 Å². The maximum atomic E-state index is 10.2. The molecule has 5 heteroatoms. The maximum Gasteiger partial charge on any atom is 0 e. The van der Waals surface area contributed by atoms with Gasteiger partial charge in [-0.05, 0) is 12.5 Å². The predicted molar refractivity (Wildman–Crippen MR) is 67.2 cm³/mol. The topological polar surface area (TPSA) is 79.9 Å². The van der Waals surface area contributed by atoms with Crippen LogP contribution in [-0.2, 0) is 36.9 Å². The van der Waals surface area contributed by atoms with Crippen LogP contribution in [-0.4, -0.2) is 5.11 Å². The van der Waals surface area contributed by atoms with Crippen molar-refractivity contribution in [2.75, 3.05) is 0 Å². The molecule has 1 aromatic carbocycles. The van der Waals surface area contributed by atoms with Gasteiger partial charge in [-0.2, -0.15) is 0 Å². The molecule has 0 saturated heterocycles. The predicted octanol–water partition coefficient (Wildman–Crippen LogP) is 2.60. The first kappa shape index (κ1) is 27.1. The minimum atomic E-state index is -0.816. The first-order valence-electron chi connectivity index (χ1n) is 5.10. The molecule has 0 aliphatic heterocycles. The molecule has 20 heavy (non-hydrogen) atoms. The van der Waals surface area contributed by atoms with Crippen molar-refractivity contribution >= 4 is 0 Å². The first-order valence-corrected chi connectivity index (χ1v) is 5.10. The van der Waals surface area contributed by atoms with Gasteiger partial charge in [-0.3, -0.25) is 0 Å². The number of rotatable bonds is 3. The molecule has 0 saturated carbocycles. The van der Waals surface area contributed by atoms with Gasteiger partial charge in [0.2, 0.25) is 0 Å². The van der Waals surface area contributed by atoms with E-state index in [0.29, 0.717) is 0 Å². The Hall–Kier alpha value is -1.33. The fourth-order valence-corrected chi connectivity index (χ4v) is 1.27. The standard InChI is InChI=1S/C12H16O.3CO.Cr/c1-4-10(2)12(3,13)11-8-6-5-7-9-11;3*1-2;/h4-10,13H,1H2,2-3H3;;;;/t10-,12-;;;;/m0..../s1. The normalized spacial score (nSPS) is 11.7. The second-order valence-corrected chi connectivity index (χ2v) is 3.54. The van der Waals surface area contributed by atoms with Gasteiger partial charge in [-0.15, -0.1) is 6.58 Å². The number of hydrogen-bond donors (Lipinski definition) is 1. The van der Waals surface area contributed by atoms with Gasteiger partial charge in [0, 0.05) is 23.3 Å². The monoisotopic (exact) mass is 312 g/mol. The van der Waals surface area contributed by atoms with Crippen LogP contribution in [0, 0.1) is 25.9 Å². The largest absolute Gasteiger partial charge is 0 e. The summed E-state index contributed by atoms with van der Waals surface area (Å²) < 4.78 is 22.5. The van der Waals surface area contributed by atoms with Crippen molar-refractivity contribution in [1.82, 2.24) is 0 Å². The van der Waals surface area contributed by atoms with Gasteiger partial charge in [-0.25, -0.2) is 0 Å². The molecule has 106 valence electrons. The summed E-state index contributed by atoms with van der Waals surface area (Å²) >= 11 is 0. The van der Waals surface area contributed by atoms with E-state index in [2.05, 4.69) is 26.5 Å². The van der Waals surface area contributed by atoms with Gasteiger partial charge >= 0.3 is 33.9 Å². The zero-order valence-corrected chi connectivity index (χ0v) is 12.6. The summed E-state index contributed by atoms with van der Waals surface area (Å²) in [4.78, 5) is 0. The van der Waals surface area contributed by atoms with Crippen molar-refractivity contribution in [3.05, 3.63) is 68.5 Å². The average molecular weight is 312 g/mol. The van der Waals surface area contributed by atoms with E-state index in [1.165, 1.54) is 0 Å². The Balaban J connectivity index is -0.000000162. The molecule has 1 aromatic rings. The molecule has 0 aliphatic rings. The zero-order chi connectivity index (χ0) is 15.9. The van der Waals surface area contributed by atoms with Crippen LogP contribution < -0.4 is 0 Å². The third-order valence-corrected chi connectivity index (χ3v) is 2.60. The van der Waals surface area contributed by atoms with Gasteiger partial charge < -0.3 is 5.11 Å². The fourth-order valence-electron chi connectivity index (χ4n) is 1.27. The molecule has 1 rings (SSSR count). The summed E-state index contributed by atoms with van der Waals surface area (Å²) in [5.41, 5.74) is 0.116. The van der Waals surface area contributed by atoms with Gasteiger partial charge in [0.25, 0.3) is 0 Å². The van der Waals surface area contributed by atoms with Crippen molar-refractivity contribution in [3.8, 4) is 0 Å². The molecule has 0 fully saturated rings. The Morgan fingerprint density at radius 3 is 1.75 bits per heavy atom. The quantitative estimate of drug-likeness (QED) is 0.519. The summed E-state index contributed by atoms with van der Waals surface area (Å²) in [6.07, 6.45) is 1.77. The minimum Gasteiger partial charge on any atom is 0 e. The van der Waals surface area contributed by atoms with E-state index in [1.807, 2.05) is 44.2 Å². The van der Waals surface area contributed by atoms with Gasteiger partial charge in [0.15, 0.2) is 0 Å². The molecule has 1 N–H and O–H groups in total. The molecule has 0 amide bonds. The second-order valence-electron chi connectivity index (χ2n) is 3.54. The molecule has 0 spiro atoms. The van der Waals surface area contributed by atoms with Crippen molar-refractivity contribution in [1.29, 1.82) is 0 Å². The molecule has 0 heterocycles. The second kappa shape index (κ2) is 17.7. The molecule has 4 nitrogen and oxygen atoms in total. The van der Waals surface area contributed by atoms with E-state index in [0.717, 1.165) is 5.56 Å². The van der Waals surface area contributed by atoms with E-state index < -0.39 is 5.60 Å². The van der Waals surface area contributed by atoms with E-state index in [9.17, 15) is 5.11 Å². The Labute approximate surface area is 130 Å². The molecule has 0 aromatic heterocycles. The van der Waals surface area contributed by atoms with Crippen molar-refractivity contribution in [2.24, 2.45) is 5.92 Å². The Kier molecular flexibility index (Phi) is 23.9. The third kappa shape index (κ3) is 9.58. The van der Waals surface area contributed by atoms with E-state index in [-0.39, 0.29) is 23.3 Å².